The van der Waals surface area contributed by atoms with Gasteiger partial charge in [0.25, 0.3) is 5.69 Å². The van der Waals surface area contributed by atoms with Gasteiger partial charge in [-0.05, 0) is 19.1 Å². The zero-order valence-electron chi connectivity index (χ0n) is 10.8. The van der Waals surface area contributed by atoms with Crippen LogP contribution in [0.4, 0.5) is 10.1 Å². The van der Waals surface area contributed by atoms with Gasteiger partial charge in [-0.3, -0.25) is 19.7 Å². The van der Waals surface area contributed by atoms with Crippen LogP contribution >= 0.6 is 0 Å². The van der Waals surface area contributed by atoms with Gasteiger partial charge in [-0.2, -0.15) is 0 Å². The van der Waals surface area contributed by atoms with E-state index >= 15 is 0 Å². The van der Waals surface area contributed by atoms with E-state index < -0.39 is 40.1 Å². The number of nitro groups is 1. The maximum absolute atomic E-state index is 13.2. The predicted octanol–water partition coefficient (Wildman–Crippen LogP) is 1.11. The summed E-state index contributed by atoms with van der Waals surface area (Å²) < 4.78 is 13.2. The van der Waals surface area contributed by atoms with Gasteiger partial charge in [-0.25, -0.2) is 4.39 Å². The Balaban J connectivity index is 3.31. The molecule has 0 aliphatic rings. The van der Waals surface area contributed by atoms with Crippen LogP contribution in [-0.2, 0) is 16.0 Å². The fourth-order valence-corrected chi connectivity index (χ4v) is 1.78. The molecule has 0 saturated heterocycles. The number of benzene rings is 1. The van der Waals surface area contributed by atoms with Gasteiger partial charge in [0, 0.05) is 25.1 Å². The van der Waals surface area contributed by atoms with E-state index in [9.17, 15) is 24.1 Å². The highest BCUT2D eigenvalue weighted by Crippen LogP contribution is 2.29. The third kappa shape index (κ3) is 2.90. The van der Waals surface area contributed by atoms with Crippen molar-refractivity contribution in [3.05, 3.63) is 39.7 Å². The molecule has 1 aromatic rings. The lowest BCUT2D eigenvalue weighted by molar-refractivity contribution is -0.385. The third-order valence-electron chi connectivity index (χ3n) is 2.98. The largest absolute Gasteiger partial charge is 0.480 e. The number of nitrogens with zero attached hydrogens (tertiary/aromatic N) is 1. The molecule has 1 aromatic carbocycles. The summed E-state index contributed by atoms with van der Waals surface area (Å²) in [5.41, 5.74) is -2.50. The molecular weight excluding hydrogens is 271 g/mol. The first-order valence-corrected chi connectivity index (χ1v) is 5.60. The smallest absolute Gasteiger partial charge is 0.319 e. The van der Waals surface area contributed by atoms with Crippen LogP contribution in [0, 0.1) is 21.3 Å². The number of carboxylic acids is 1. The van der Waals surface area contributed by atoms with Crippen LogP contribution in [0.2, 0.25) is 0 Å². The normalized spacial score (nSPS) is 13.3. The van der Waals surface area contributed by atoms with Crippen molar-refractivity contribution in [3.63, 3.8) is 0 Å². The number of aliphatic carboxylic acids is 1. The van der Waals surface area contributed by atoms with E-state index in [2.05, 4.69) is 5.32 Å². The average molecular weight is 284 g/mol. The third-order valence-corrected chi connectivity index (χ3v) is 2.98. The first-order valence-electron chi connectivity index (χ1n) is 5.60. The van der Waals surface area contributed by atoms with Crippen LogP contribution in [0.1, 0.15) is 12.5 Å². The van der Waals surface area contributed by atoms with Gasteiger partial charge in [-0.1, -0.05) is 0 Å². The maximum atomic E-state index is 13.2. The van der Waals surface area contributed by atoms with Crippen LogP contribution in [0.15, 0.2) is 18.2 Å². The number of hydrogen-bond donors (Lipinski definition) is 2. The Hall–Kier alpha value is -2.51. The maximum Gasteiger partial charge on any atom is 0.319 e. The van der Waals surface area contributed by atoms with E-state index in [1.807, 2.05) is 0 Å². The fraction of sp³-hybridized carbons (Fsp3) is 0.333. The number of carbonyl (C=O) groups excluding carboxylic acids is 1. The lowest BCUT2D eigenvalue weighted by Gasteiger charge is -2.22. The fourth-order valence-electron chi connectivity index (χ4n) is 1.78. The number of nitro benzene ring substituents is 1. The molecule has 0 bridgehead atoms. The number of amides is 1. The van der Waals surface area contributed by atoms with Gasteiger partial charge in [-0.15, -0.1) is 0 Å². The molecule has 1 rings (SSSR count). The highest BCUT2D eigenvalue weighted by molar-refractivity contribution is 6.01. The highest BCUT2D eigenvalue weighted by Gasteiger charge is 2.42. The number of halogens is 1. The van der Waals surface area contributed by atoms with Gasteiger partial charge in [0.05, 0.1) is 4.92 Å². The summed E-state index contributed by atoms with van der Waals surface area (Å²) in [6.45, 7) is 1.13. The zero-order chi connectivity index (χ0) is 15.5. The van der Waals surface area contributed by atoms with Crippen molar-refractivity contribution in [3.8, 4) is 0 Å². The topological polar surface area (TPSA) is 110 Å². The van der Waals surface area contributed by atoms with Crippen LogP contribution in [-0.4, -0.2) is 29.0 Å². The molecular formula is C12H13FN2O5. The number of nitrogens with one attached hydrogen (secondary N) is 1. The van der Waals surface area contributed by atoms with E-state index in [1.165, 1.54) is 7.05 Å². The second-order valence-electron chi connectivity index (χ2n) is 4.42. The minimum atomic E-state index is -1.92. The van der Waals surface area contributed by atoms with Crippen LogP contribution in [0.25, 0.3) is 0 Å². The molecule has 0 aromatic heterocycles. The molecule has 0 saturated carbocycles. The second kappa shape index (κ2) is 5.64. The molecule has 0 fully saturated rings. The number of carbonyl (C=O) groups is 2. The van der Waals surface area contributed by atoms with Crippen molar-refractivity contribution < 1.29 is 24.0 Å². The first-order chi connectivity index (χ1) is 9.22. The zero-order valence-corrected chi connectivity index (χ0v) is 10.8. The van der Waals surface area contributed by atoms with E-state index in [4.69, 9.17) is 5.11 Å². The molecule has 1 amide bonds. The van der Waals surface area contributed by atoms with Crippen molar-refractivity contribution in [2.75, 3.05) is 7.05 Å². The van der Waals surface area contributed by atoms with Gasteiger partial charge in [0.1, 0.15) is 11.2 Å². The summed E-state index contributed by atoms with van der Waals surface area (Å²) in [5, 5.41) is 22.2. The Morgan fingerprint density at radius 3 is 2.55 bits per heavy atom. The first kappa shape index (κ1) is 15.5. The summed E-state index contributed by atoms with van der Waals surface area (Å²) in [6, 6.07) is 2.71. The molecule has 8 heteroatoms. The van der Waals surface area contributed by atoms with Crippen molar-refractivity contribution >= 4 is 17.6 Å². The lowest BCUT2D eigenvalue weighted by atomic mass is 9.82. The Bertz CT molecular complexity index is 575. The number of hydrogen-bond acceptors (Lipinski definition) is 4. The summed E-state index contributed by atoms with van der Waals surface area (Å²) in [4.78, 5) is 33.1. The minimum absolute atomic E-state index is 0.150. The van der Waals surface area contributed by atoms with Gasteiger partial charge in [0.2, 0.25) is 5.91 Å². The summed E-state index contributed by atoms with van der Waals surface area (Å²) >= 11 is 0. The standard InChI is InChI=1S/C12H13FN2O5/c1-12(11(17)18,10(16)14-2)6-7-5-8(13)3-4-9(7)15(19)20/h3-5H,6H2,1-2H3,(H,14,16)(H,17,18). The van der Waals surface area contributed by atoms with E-state index in [1.54, 1.807) is 0 Å². The van der Waals surface area contributed by atoms with E-state index in [-0.39, 0.29) is 5.56 Å². The molecule has 0 aliphatic carbocycles. The van der Waals surface area contributed by atoms with Gasteiger partial charge >= 0.3 is 5.97 Å². The second-order valence-corrected chi connectivity index (χ2v) is 4.42. The Kier molecular flexibility index (Phi) is 4.38. The predicted molar refractivity (Wildman–Crippen MR) is 66.6 cm³/mol. The molecule has 7 nitrogen and oxygen atoms in total. The van der Waals surface area contributed by atoms with E-state index in [0.29, 0.717) is 0 Å². The molecule has 1 unspecified atom stereocenters. The molecule has 108 valence electrons. The molecule has 0 spiro atoms. The molecule has 20 heavy (non-hydrogen) atoms. The quantitative estimate of drug-likeness (QED) is 0.478. The van der Waals surface area contributed by atoms with Crippen molar-refractivity contribution in [2.45, 2.75) is 13.3 Å². The SMILES string of the molecule is CNC(=O)C(C)(Cc1cc(F)ccc1[N+](=O)[O-])C(=O)O. The van der Waals surface area contributed by atoms with Crippen LogP contribution < -0.4 is 5.32 Å². The molecule has 0 radical (unpaired) electrons. The monoisotopic (exact) mass is 284 g/mol. The average Bonchev–Trinajstić information content (AvgIpc) is 2.36. The van der Waals surface area contributed by atoms with Gasteiger partial charge in [0.15, 0.2) is 0 Å². The lowest BCUT2D eigenvalue weighted by Crippen LogP contribution is -2.44. The summed E-state index contributed by atoms with van der Waals surface area (Å²) in [6.07, 6.45) is -0.490. The summed E-state index contributed by atoms with van der Waals surface area (Å²) in [7, 11) is 1.25. The Labute approximate surface area is 113 Å². The van der Waals surface area contributed by atoms with Crippen molar-refractivity contribution in [1.29, 1.82) is 0 Å². The number of carboxylic acid groups (broad SMARTS) is 1. The Morgan fingerprint density at radius 2 is 2.10 bits per heavy atom. The number of rotatable bonds is 5. The molecule has 0 aliphatic heterocycles. The highest BCUT2D eigenvalue weighted by atomic mass is 19.1. The molecule has 0 heterocycles. The van der Waals surface area contributed by atoms with Gasteiger partial charge < -0.3 is 10.4 Å². The van der Waals surface area contributed by atoms with Crippen molar-refractivity contribution in [2.24, 2.45) is 5.41 Å². The molecule has 1 atom stereocenters. The van der Waals surface area contributed by atoms with Crippen LogP contribution in [0.5, 0.6) is 0 Å². The molecule has 2 N–H and O–H groups in total. The van der Waals surface area contributed by atoms with Crippen molar-refractivity contribution in [1.82, 2.24) is 5.32 Å². The minimum Gasteiger partial charge on any atom is -0.480 e. The van der Waals surface area contributed by atoms with E-state index in [0.717, 1.165) is 25.1 Å². The van der Waals surface area contributed by atoms with Crippen LogP contribution in [0.3, 0.4) is 0 Å². The Morgan fingerprint density at radius 1 is 1.50 bits per heavy atom. The summed E-state index contributed by atoms with van der Waals surface area (Å²) in [5.74, 6) is -3.01.